The highest BCUT2D eigenvalue weighted by atomic mass is 19.4. The van der Waals surface area contributed by atoms with E-state index in [1.165, 1.54) is 12.1 Å². The van der Waals surface area contributed by atoms with Crippen LogP contribution in [-0.4, -0.2) is 30.9 Å². The third-order valence-corrected chi connectivity index (χ3v) is 3.04. The number of nitrogens with zero attached hydrogens (tertiary/aromatic N) is 1. The highest BCUT2D eigenvalue weighted by Crippen LogP contribution is 2.30. The summed E-state index contributed by atoms with van der Waals surface area (Å²) in [5.41, 5.74) is 0.0370. The molecule has 0 bridgehead atoms. The van der Waals surface area contributed by atoms with Gasteiger partial charge in [-0.05, 0) is 17.7 Å². The summed E-state index contributed by atoms with van der Waals surface area (Å²) in [6, 6.07) is 4.76. The fourth-order valence-electron chi connectivity index (χ4n) is 2.05. The van der Waals surface area contributed by atoms with Gasteiger partial charge in [-0.15, -0.1) is 0 Å². The SMILES string of the molecule is O=CN1CCNC[C@@H]1c1ccc(C(F)(F)F)cc1. The third-order valence-electron chi connectivity index (χ3n) is 3.04. The average molecular weight is 258 g/mol. The first-order chi connectivity index (χ1) is 8.52. The molecule has 1 heterocycles. The third kappa shape index (κ3) is 2.64. The van der Waals surface area contributed by atoms with Crippen LogP contribution in [0, 0.1) is 0 Å². The van der Waals surface area contributed by atoms with E-state index in [0.29, 0.717) is 25.2 Å². The first kappa shape index (κ1) is 12.9. The number of alkyl halides is 3. The van der Waals surface area contributed by atoms with Gasteiger partial charge >= 0.3 is 6.18 Å². The topological polar surface area (TPSA) is 32.3 Å². The molecular formula is C12H13F3N2O. The number of hydrogen-bond acceptors (Lipinski definition) is 2. The van der Waals surface area contributed by atoms with Crippen molar-refractivity contribution in [3.8, 4) is 0 Å². The van der Waals surface area contributed by atoms with E-state index in [1.807, 2.05) is 0 Å². The van der Waals surface area contributed by atoms with E-state index < -0.39 is 11.7 Å². The number of halogens is 3. The molecule has 3 nitrogen and oxygen atoms in total. The number of carbonyl (C=O) groups excluding carboxylic acids is 1. The molecule has 0 aliphatic carbocycles. The van der Waals surface area contributed by atoms with Gasteiger partial charge in [-0.1, -0.05) is 12.1 Å². The first-order valence-electron chi connectivity index (χ1n) is 5.61. The second-order valence-corrected chi connectivity index (χ2v) is 4.18. The van der Waals surface area contributed by atoms with Crippen LogP contribution in [0.15, 0.2) is 24.3 Å². The minimum absolute atomic E-state index is 0.196. The normalized spacial score (nSPS) is 20.8. The molecule has 1 atom stereocenters. The number of piperazine rings is 1. The number of nitrogens with one attached hydrogen (secondary N) is 1. The molecule has 1 aromatic carbocycles. The Labute approximate surface area is 103 Å². The summed E-state index contributed by atoms with van der Waals surface area (Å²) in [6.07, 6.45) is -3.59. The second kappa shape index (κ2) is 4.97. The van der Waals surface area contributed by atoms with Gasteiger partial charge in [-0.25, -0.2) is 0 Å². The number of rotatable bonds is 2. The monoisotopic (exact) mass is 258 g/mol. The molecule has 6 heteroatoms. The molecule has 1 aromatic rings. The zero-order valence-electron chi connectivity index (χ0n) is 9.57. The van der Waals surface area contributed by atoms with Crippen LogP contribution >= 0.6 is 0 Å². The zero-order valence-corrected chi connectivity index (χ0v) is 9.57. The fraction of sp³-hybridized carbons (Fsp3) is 0.417. The molecule has 0 radical (unpaired) electrons. The smallest absolute Gasteiger partial charge is 0.336 e. The number of amides is 1. The lowest BCUT2D eigenvalue weighted by atomic mass is 10.0. The molecule has 2 rings (SSSR count). The lowest BCUT2D eigenvalue weighted by molar-refractivity contribution is -0.137. The van der Waals surface area contributed by atoms with Gasteiger partial charge in [0.15, 0.2) is 0 Å². The maximum absolute atomic E-state index is 12.4. The maximum Gasteiger partial charge on any atom is 0.416 e. The quantitative estimate of drug-likeness (QED) is 0.820. The molecule has 0 saturated carbocycles. The molecule has 98 valence electrons. The van der Waals surface area contributed by atoms with Crippen molar-refractivity contribution in [2.75, 3.05) is 19.6 Å². The van der Waals surface area contributed by atoms with Crippen molar-refractivity contribution in [1.82, 2.24) is 10.2 Å². The summed E-state index contributed by atoms with van der Waals surface area (Å²) in [7, 11) is 0. The van der Waals surface area contributed by atoms with E-state index in [0.717, 1.165) is 18.5 Å². The minimum Gasteiger partial charge on any atom is -0.336 e. The molecule has 1 aliphatic heterocycles. The molecule has 1 fully saturated rings. The fourth-order valence-corrected chi connectivity index (χ4v) is 2.05. The second-order valence-electron chi connectivity index (χ2n) is 4.18. The summed E-state index contributed by atoms with van der Waals surface area (Å²) in [5.74, 6) is 0. The van der Waals surface area contributed by atoms with Crippen LogP contribution in [0.1, 0.15) is 17.2 Å². The van der Waals surface area contributed by atoms with Crippen molar-refractivity contribution >= 4 is 6.41 Å². The summed E-state index contributed by atoms with van der Waals surface area (Å²) in [4.78, 5) is 12.5. The van der Waals surface area contributed by atoms with Crippen LogP contribution in [-0.2, 0) is 11.0 Å². The van der Waals surface area contributed by atoms with E-state index in [1.54, 1.807) is 4.90 Å². The van der Waals surface area contributed by atoms with Gasteiger partial charge in [0.2, 0.25) is 6.41 Å². The Kier molecular flexibility index (Phi) is 3.56. The maximum atomic E-state index is 12.4. The summed E-state index contributed by atoms with van der Waals surface area (Å²) in [5, 5.41) is 3.12. The largest absolute Gasteiger partial charge is 0.416 e. The van der Waals surface area contributed by atoms with Gasteiger partial charge < -0.3 is 10.2 Å². The Bertz CT molecular complexity index is 416. The summed E-state index contributed by atoms with van der Waals surface area (Å²) in [6.45, 7) is 1.83. The Morgan fingerprint density at radius 3 is 2.50 bits per heavy atom. The molecule has 1 amide bonds. The van der Waals surface area contributed by atoms with Gasteiger partial charge in [0.25, 0.3) is 0 Å². The van der Waals surface area contributed by atoms with Gasteiger partial charge in [0.1, 0.15) is 0 Å². The lowest BCUT2D eigenvalue weighted by Gasteiger charge is -2.33. The molecular weight excluding hydrogens is 245 g/mol. The van der Waals surface area contributed by atoms with Crippen molar-refractivity contribution in [3.05, 3.63) is 35.4 Å². The summed E-state index contributed by atoms with van der Waals surface area (Å²) < 4.78 is 37.3. The number of benzene rings is 1. The standard InChI is InChI=1S/C12H13F3N2O/c13-12(14,15)10-3-1-9(2-4-10)11-7-16-5-6-17(11)8-18/h1-4,8,11,16H,5-7H2/t11-/m1/s1. The van der Waals surface area contributed by atoms with Crippen LogP contribution in [0.2, 0.25) is 0 Å². The highest BCUT2D eigenvalue weighted by molar-refractivity contribution is 5.49. The van der Waals surface area contributed by atoms with Crippen LogP contribution in [0.25, 0.3) is 0 Å². The minimum atomic E-state index is -4.33. The van der Waals surface area contributed by atoms with Crippen molar-refractivity contribution in [2.24, 2.45) is 0 Å². The molecule has 0 aromatic heterocycles. The molecule has 1 N–H and O–H groups in total. The van der Waals surface area contributed by atoms with E-state index in [2.05, 4.69) is 5.32 Å². The molecule has 1 saturated heterocycles. The zero-order chi connectivity index (χ0) is 13.2. The highest BCUT2D eigenvalue weighted by Gasteiger charge is 2.30. The van der Waals surface area contributed by atoms with Gasteiger partial charge in [0.05, 0.1) is 11.6 Å². The van der Waals surface area contributed by atoms with E-state index in [-0.39, 0.29) is 6.04 Å². The molecule has 1 aliphatic rings. The Morgan fingerprint density at radius 1 is 1.28 bits per heavy atom. The van der Waals surface area contributed by atoms with Gasteiger partial charge in [0, 0.05) is 19.6 Å². The molecule has 18 heavy (non-hydrogen) atoms. The number of carbonyl (C=O) groups is 1. The van der Waals surface area contributed by atoms with Crippen molar-refractivity contribution in [1.29, 1.82) is 0 Å². The Morgan fingerprint density at radius 2 is 1.94 bits per heavy atom. The van der Waals surface area contributed by atoms with E-state index >= 15 is 0 Å². The van der Waals surface area contributed by atoms with E-state index in [9.17, 15) is 18.0 Å². The summed E-state index contributed by atoms with van der Waals surface area (Å²) >= 11 is 0. The van der Waals surface area contributed by atoms with Crippen LogP contribution < -0.4 is 5.32 Å². The van der Waals surface area contributed by atoms with Gasteiger partial charge in [-0.3, -0.25) is 4.79 Å². The molecule has 0 unspecified atom stereocenters. The van der Waals surface area contributed by atoms with Crippen molar-refractivity contribution in [2.45, 2.75) is 12.2 Å². The van der Waals surface area contributed by atoms with Gasteiger partial charge in [-0.2, -0.15) is 13.2 Å². The van der Waals surface area contributed by atoms with E-state index in [4.69, 9.17) is 0 Å². The predicted molar refractivity (Wildman–Crippen MR) is 59.8 cm³/mol. The molecule has 0 spiro atoms. The average Bonchev–Trinajstić information content (AvgIpc) is 2.38. The Balaban J connectivity index is 2.20. The Hall–Kier alpha value is -1.56. The first-order valence-corrected chi connectivity index (χ1v) is 5.61. The van der Waals surface area contributed by atoms with Crippen molar-refractivity contribution < 1.29 is 18.0 Å². The van der Waals surface area contributed by atoms with Crippen LogP contribution in [0.3, 0.4) is 0 Å². The lowest BCUT2D eigenvalue weighted by Crippen LogP contribution is -2.45. The number of hydrogen-bond donors (Lipinski definition) is 1. The van der Waals surface area contributed by atoms with Crippen LogP contribution in [0.5, 0.6) is 0 Å². The van der Waals surface area contributed by atoms with Crippen LogP contribution in [0.4, 0.5) is 13.2 Å². The van der Waals surface area contributed by atoms with Crippen molar-refractivity contribution in [3.63, 3.8) is 0 Å². The predicted octanol–water partition coefficient (Wildman–Crippen LogP) is 1.81.